The molecule has 8 rings (SSSR count). The second kappa shape index (κ2) is 52.7. The number of allylic oxidation sites excluding steroid dienone is 4. The molecule has 1 amide bonds. The molecule has 0 saturated heterocycles. The summed E-state index contributed by atoms with van der Waals surface area (Å²) < 4.78 is 0. The fourth-order valence-electron chi connectivity index (χ4n) is 29.1. The van der Waals surface area contributed by atoms with E-state index in [-0.39, 0.29) is 30.7 Å². The summed E-state index contributed by atoms with van der Waals surface area (Å²) in [5, 5.41) is 23.3. The van der Waals surface area contributed by atoms with E-state index in [1.54, 1.807) is 0 Å². The van der Waals surface area contributed by atoms with Crippen LogP contribution in [-0.4, -0.2) is 44.5 Å². The van der Waals surface area contributed by atoms with Gasteiger partial charge in [-0.25, -0.2) is 4.79 Å². The lowest BCUT2D eigenvalue weighted by molar-refractivity contribution is -0.171. The number of carboxylic acid groups (broad SMARTS) is 2. The lowest BCUT2D eigenvalue weighted by Gasteiger charge is -2.58. The third-order valence-corrected chi connectivity index (χ3v) is 36.2. The van der Waals surface area contributed by atoms with Crippen molar-refractivity contribution in [1.29, 1.82) is 0 Å². The quantitative estimate of drug-likeness (QED) is 0.0467. The summed E-state index contributed by atoms with van der Waals surface area (Å²) in [7, 11) is 0. The van der Waals surface area contributed by atoms with Gasteiger partial charge in [0.1, 0.15) is 5.54 Å². The van der Waals surface area contributed by atoms with Crippen LogP contribution in [0.25, 0.3) is 0 Å². The number of hydrogen-bond acceptors (Lipinski definition) is 3. The molecule has 2 N–H and O–H groups in total. The van der Waals surface area contributed by atoms with Crippen LogP contribution in [0, 0.1) is 110 Å². The second-order valence-corrected chi connectivity index (χ2v) is 45.2. The van der Waals surface area contributed by atoms with Gasteiger partial charge in [0, 0.05) is 18.9 Å². The number of fused-ring (bicyclic) bond motifs is 10. The first-order valence-corrected chi connectivity index (χ1v) is 53.7. The number of carbonyl (C=O) groups is 3. The maximum atomic E-state index is 16.0. The van der Waals surface area contributed by atoms with Crippen molar-refractivity contribution in [3.63, 3.8) is 0 Å². The van der Waals surface area contributed by atoms with E-state index in [2.05, 4.69) is 102 Å². The van der Waals surface area contributed by atoms with E-state index in [4.69, 9.17) is 0 Å². The van der Waals surface area contributed by atoms with Crippen LogP contribution in [0.1, 0.15) is 539 Å². The van der Waals surface area contributed by atoms with E-state index in [0.29, 0.717) is 28.1 Å². The van der Waals surface area contributed by atoms with Crippen molar-refractivity contribution in [2.24, 2.45) is 110 Å². The number of aliphatic carboxylic acids is 2. The first-order valence-electron chi connectivity index (χ1n) is 53.7. The molecule has 0 aliphatic heterocycles. The monoisotopic (exact) mass is 1630 g/mol. The van der Waals surface area contributed by atoms with Crippen LogP contribution in [0.4, 0.5) is 0 Å². The predicted octanol–water partition coefficient (Wildman–Crippen LogP) is 34.8. The Morgan fingerprint density at radius 1 is 0.385 bits per heavy atom. The highest BCUT2D eigenvalue weighted by atomic mass is 16.4. The number of carbonyl (C=O) groups excluding carboxylic acids is 1. The van der Waals surface area contributed by atoms with Crippen molar-refractivity contribution < 1.29 is 24.6 Å². The van der Waals surface area contributed by atoms with Gasteiger partial charge < -0.3 is 15.1 Å². The minimum Gasteiger partial charge on any atom is -0.481 e. The van der Waals surface area contributed by atoms with Gasteiger partial charge in [0.05, 0.1) is 0 Å². The van der Waals surface area contributed by atoms with Gasteiger partial charge in [0.2, 0.25) is 5.91 Å². The maximum Gasteiger partial charge on any atom is 0.329 e. The average molecular weight is 1630 g/mol. The molecule has 6 nitrogen and oxygen atoms in total. The Kier molecular flexibility index (Phi) is 45.2. The topological polar surface area (TPSA) is 94.9 Å². The number of amides is 1. The van der Waals surface area contributed by atoms with Gasteiger partial charge in [0.25, 0.3) is 0 Å². The van der Waals surface area contributed by atoms with Crippen LogP contribution in [0.2, 0.25) is 0 Å². The first kappa shape index (κ1) is 100. The summed E-state index contributed by atoms with van der Waals surface area (Å²) >= 11 is 0. The molecule has 0 bridgehead atoms. The van der Waals surface area contributed by atoms with Crippen LogP contribution in [0.5, 0.6) is 0 Å². The number of rotatable bonds is 65. The fraction of sp³-hybridized carbons (Fsp3) is 0.937. The van der Waals surface area contributed by atoms with E-state index in [0.717, 1.165) is 192 Å². The van der Waals surface area contributed by atoms with Crippen LogP contribution >= 0.6 is 0 Å². The first-order chi connectivity index (χ1) is 56.5. The molecule has 117 heavy (non-hydrogen) atoms. The summed E-state index contributed by atoms with van der Waals surface area (Å²) in [4.78, 5) is 46.6. The molecule has 6 heteroatoms. The van der Waals surface area contributed by atoms with E-state index >= 15 is 9.59 Å². The van der Waals surface area contributed by atoms with Gasteiger partial charge >= 0.3 is 11.9 Å². The minimum atomic E-state index is -1.55. The molecule has 8 aliphatic rings. The Balaban J connectivity index is 0.910. The lowest BCUT2D eigenvalue weighted by atomic mass is 9.46. The Morgan fingerprint density at radius 2 is 0.735 bits per heavy atom. The summed E-state index contributed by atoms with van der Waals surface area (Å²) in [5.74, 6) is 10.1. The van der Waals surface area contributed by atoms with Crippen LogP contribution < -0.4 is 0 Å². The van der Waals surface area contributed by atoms with E-state index in [1.165, 1.54) is 321 Å². The van der Waals surface area contributed by atoms with Crippen molar-refractivity contribution in [3.8, 4) is 0 Å². The van der Waals surface area contributed by atoms with Crippen molar-refractivity contribution in [1.82, 2.24) is 4.90 Å². The van der Waals surface area contributed by atoms with Gasteiger partial charge in [-0.1, -0.05) is 409 Å². The Morgan fingerprint density at radius 3 is 1.09 bits per heavy atom. The molecule has 0 aromatic carbocycles. The molecule has 0 radical (unpaired) electrons. The zero-order valence-electron chi connectivity index (χ0n) is 80.5. The zero-order valence-corrected chi connectivity index (χ0v) is 80.5. The van der Waals surface area contributed by atoms with Crippen molar-refractivity contribution in [2.45, 2.75) is 551 Å². The predicted molar refractivity (Wildman–Crippen MR) is 504 cm³/mol. The minimum absolute atomic E-state index is 0.00564. The summed E-state index contributed by atoms with van der Waals surface area (Å²) in [5.41, 5.74) is 4.06. The van der Waals surface area contributed by atoms with Crippen molar-refractivity contribution in [2.75, 3.05) is 0 Å². The van der Waals surface area contributed by atoms with Gasteiger partial charge in [-0.3, -0.25) is 9.59 Å². The molecular weight excluding hydrogens is 1430 g/mol. The SMILES string of the molecule is CCCCCCCCCCCC(=O)N(C(CCCCCCCCCCC)CCCCCCCCC1CC[C@@]2(C)C(=CCC3C2CC[C@@]2(C)C3CC[C@@H]2[C@H](C)CCCC(C)C)C1)[C@@](CCC(=O)O)(C(=O)O)C(CCCCCCCCCCC)CCCCCCCCC1CC[C@@]2(C)C(=CCC3C2CC[C@@]2(C)C3CC[C@@H]2[C@H](C)CCCC(C)C)C1. The third-order valence-electron chi connectivity index (χ3n) is 36.2. The molecule has 0 heterocycles. The largest absolute Gasteiger partial charge is 0.481 e. The molecule has 0 spiro atoms. The molecule has 8 aliphatic carbocycles. The molecule has 10 unspecified atom stereocenters. The lowest BCUT2D eigenvalue weighted by Crippen LogP contribution is -2.65. The molecule has 0 aromatic heterocycles. The number of nitrogens with zero attached hydrogens (tertiary/aromatic N) is 1. The Bertz CT molecular complexity index is 2800. The molecule has 6 fully saturated rings. The van der Waals surface area contributed by atoms with Crippen LogP contribution in [0.15, 0.2) is 23.3 Å². The van der Waals surface area contributed by atoms with Crippen LogP contribution in [-0.2, 0) is 14.4 Å². The van der Waals surface area contributed by atoms with E-state index in [1.807, 2.05) is 16.0 Å². The second-order valence-electron chi connectivity index (χ2n) is 45.2. The van der Waals surface area contributed by atoms with Crippen molar-refractivity contribution in [3.05, 3.63) is 23.3 Å². The number of unbranched alkanes of at least 4 members (excludes halogenated alkanes) is 34. The van der Waals surface area contributed by atoms with Gasteiger partial charge in [0.15, 0.2) is 0 Å². The zero-order chi connectivity index (χ0) is 84.1. The average Bonchev–Trinajstić information content (AvgIpc) is 1.64. The Hall–Kier alpha value is -2.11. The fourth-order valence-corrected chi connectivity index (χ4v) is 29.1. The third kappa shape index (κ3) is 29.2. The van der Waals surface area contributed by atoms with E-state index < -0.39 is 17.5 Å². The van der Waals surface area contributed by atoms with Gasteiger partial charge in [-0.15, -0.1) is 0 Å². The van der Waals surface area contributed by atoms with Crippen molar-refractivity contribution >= 4 is 17.8 Å². The number of hydrogen-bond donors (Lipinski definition) is 2. The van der Waals surface area contributed by atoms with Crippen LogP contribution in [0.3, 0.4) is 0 Å². The molecular formula is C111H199NO5. The highest BCUT2D eigenvalue weighted by Crippen LogP contribution is 2.70. The summed E-state index contributed by atoms with van der Waals surface area (Å²) in [6.45, 7) is 32.7. The van der Waals surface area contributed by atoms with Gasteiger partial charge in [-0.2, -0.15) is 0 Å². The normalized spacial score (nSPS) is 29.7. The summed E-state index contributed by atoms with van der Waals surface area (Å²) in [6.07, 6.45) is 89.3. The standard InChI is InChI=1S/C111H199NO5/c1-14-17-20-23-26-29-32-41-48-61-92(62-49-42-37-35-39-46-59-90-74-79-107(10)93(84-90)66-68-96-100-72-70-98(88(8)57-53-55-86(4)5)109(100,12)81-76-102(96)107)111(106(116)117,83-78-105(114)115)112(104(113)65-52-45-34-31-28-25-22-19-16-3)95(63-50-43-33-30-27-24-21-18-15-2)64-51-44-38-36-40-47-60-91-75-80-108(11)94(85-91)67-69-97-101-73-71-99(89(9)58-54-56-87(6)7)110(101,13)82-77-103(97)108/h66-67,86-92,95-103H,14-65,68-85H2,1-13H3,(H,114,115)(H,116,117)/t88-,89-,90?,91?,92?,95?,96?,97?,98-,99-,100?,101?,102?,103?,107+,108+,109-,110-,111-/m1/s1. The Labute approximate surface area is 727 Å². The molecule has 6 saturated carbocycles. The smallest absolute Gasteiger partial charge is 0.329 e. The molecule has 678 valence electrons. The highest BCUT2D eigenvalue weighted by Gasteiger charge is 2.62. The highest BCUT2D eigenvalue weighted by molar-refractivity contribution is 5.88. The molecule has 0 aromatic rings. The maximum absolute atomic E-state index is 16.0. The van der Waals surface area contributed by atoms with Gasteiger partial charge in [-0.05, 0) is 252 Å². The summed E-state index contributed by atoms with van der Waals surface area (Å²) in [6, 6.07) is -0.204. The molecule has 19 atom stereocenters. The number of carboxylic acids is 2. The van der Waals surface area contributed by atoms with E-state index in [9.17, 15) is 15.0 Å².